The fraction of sp³-hybridized carbons (Fsp3) is 0.333. The van der Waals surface area contributed by atoms with E-state index in [2.05, 4.69) is 15.3 Å². The standard InChI is InChI=1S/C24H27ClN4O3S.ClH/c1-28(21-8-13-29(14-9-21)22-6-11-26-12-7-22)27-24(30)10-15-33(31,32)23-5-3-18-16-20(25)4-2-19(18)17-23;/h2-7,11-12,16-17,21H,8-10,13-15H2,1H3,(H,27,30);1H. The van der Waals surface area contributed by atoms with Gasteiger partial charge in [0.25, 0.3) is 0 Å². The van der Waals surface area contributed by atoms with Crippen LogP contribution in [0.3, 0.4) is 0 Å². The minimum absolute atomic E-state index is 0. The average Bonchev–Trinajstić information content (AvgIpc) is 2.83. The SMILES string of the molecule is CN(NC(=O)CCS(=O)(=O)c1ccc2cc(Cl)ccc2c1)C1CCN(c2ccncc2)CC1.Cl. The Hall–Kier alpha value is -2.39. The Kier molecular flexibility index (Phi) is 8.76. The Morgan fingerprint density at radius 3 is 2.44 bits per heavy atom. The molecular weight excluding hydrogens is 495 g/mol. The molecule has 182 valence electrons. The van der Waals surface area contributed by atoms with Crippen molar-refractivity contribution in [2.45, 2.75) is 30.2 Å². The van der Waals surface area contributed by atoms with Gasteiger partial charge in [0.1, 0.15) is 0 Å². The van der Waals surface area contributed by atoms with Crippen LogP contribution >= 0.6 is 24.0 Å². The lowest BCUT2D eigenvalue weighted by Gasteiger charge is -2.37. The zero-order chi connectivity index (χ0) is 23.4. The summed E-state index contributed by atoms with van der Waals surface area (Å²) >= 11 is 5.99. The van der Waals surface area contributed by atoms with Gasteiger partial charge in [-0.15, -0.1) is 12.4 Å². The molecule has 3 aromatic rings. The largest absolute Gasteiger partial charge is 0.371 e. The second-order valence-electron chi connectivity index (χ2n) is 8.29. The van der Waals surface area contributed by atoms with E-state index in [0.29, 0.717) is 5.02 Å². The highest BCUT2D eigenvalue weighted by molar-refractivity contribution is 7.91. The molecule has 2 aromatic carbocycles. The highest BCUT2D eigenvalue weighted by Gasteiger charge is 2.24. The van der Waals surface area contributed by atoms with E-state index in [0.717, 1.165) is 42.4 Å². The van der Waals surface area contributed by atoms with E-state index in [1.165, 1.54) is 0 Å². The van der Waals surface area contributed by atoms with Gasteiger partial charge in [-0.2, -0.15) is 0 Å². The number of rotatable bonds is 7. The topological polar surface area (TPSA) is 82.6 Å². The molecule has 7 nitrogen and oxygen atoms in total. The molecule has 1 aliphatic heterocycles. The predicted molar refractivity (Wildman–Crippen MR) is 138 cm³/mol. The molecular formula is C24H28Cl2N4O3S. The van der Waals surface area contributed by atoms with Gasteiger partial charge in [0.05, 0.1) is 10.6 Å². The van der Waals surface area contributed by atoms with E-state index < -0.39 is 9.84 Å². The Balaban J connectivity index is 0.00000324. The van der Waals surface area contributed by atoms with Crippen molar-refractivity contribution in [1.29, 1.82) is 0 Å². The zero-order valence-electron chi connectivity index (χ0n) is 18.9. The van der Waals surface area contributed by atoms with Crippen molar-refractivity contribution in [2.24, 2.45) is 0 Å². The van der Waals surface area contributed by atoms with E-state index in [1.807, 2.05) is 24.2 Å². The van der Waals surface area contributed by atoms with E-state index >= 15 is 0 Å². The fourth-order valence-corrected chi connectivity index (χ4v) is 5.60. The Morgan fingerprint density at radius 1 is 1.09 bits per heavy atom. The number of nitrogens with one attached hydrogen (secondary N) is 1. The lowest BCUT2D eigenvalue weighted by Crippen LogP contribution is -2.50. The summed E-state index contributed by atoms with van der Waals surface area (Å²) in [6.07, 6.45) is 5.28. The molecule has 0 unspecified atom stereocenters. The quantitative estimate of drug-likeness (QED) is 0.470. The molecule has 1 amide bonds. The van der Waals surface area contributed by atoms with Crippen LogP contribution in [0, 0.1) is 0 Å². The smallest absolute Gasteiger partial charge is 0.235 e. The zero-order valence-corrected chi connectivity index (χ0v) is 21.2. The summed E-state index contributed by atoms with van der Waals surface area (Å²) in [6, 6.07) is 14.4. The number of carbonyl (C=O) groups excluding carboxylic acids is 1. The van der Waals surface area contributed by atoms with E-state index in [9.17, 15) is 13.2 Å². The number of carbonyl (C=O) groups is 1. The van der Waals surface area contributed by atoms with Gasteiger partial charge in [0.15, 0.2) is 9.84 Å². The van der Waals surface area contributed by atoms with Gasteiger partial charge in [0, 0.05) is 55.7 Å². The molecule has 1 aromatic heterocycles. The van der Waals surface area contributed by atoms with E-state index in [-0.39, 0.29) is 41.4 Å². The summed E-state index contributed by atoms with van der Waals surface area (Å²) in [5, 5.41) is 4.08. The summed E-state index contributed by atoms with van der Waals surface area (Å²) in [5.41, 5.74) is 4.00. The summed E-state index contributed by atoms with van der Waals surface area (Å²) in [4.78, 5) is 19.0. The number of pyridine rings is 1. The van der Waals surface area contributed by atoms with Gasteiger partial charge < -0.3 is 4.90 Å². The number of fused-ring (bicyclic) bond motifs is 1. The summed E-state index contributed by atoms with van der Waals surface area (Å²) in [6.45, 7) is 1.77. The minimum atomic E-state index is -3.58. The molecule has 1 N–H and O–H groups in total. The van der Waals surface area contributed by atoms with Gasteiger partial charge in [0.2, 0.25) is 5.91 Å². The number of piperidine rings is 1. The van der Waals surface area contributed by atoms with Gasteiger partial charge in [-0.3, -0.25) is 15.2 Å². The van der Waals surface area contributed by atoms with Crippen molar-refractivity contribution in [1.82, 2.24) is 15.4 Å². The number of hydrazine groups is 1. The maximum Gasteiger partial charge on any atom is 0.235 e. The third-order valence-electron chi connectivity index (χ3n) is 6.07. The van der Waals surface area contributed by atoms with Gasteiger partial charge in [-0.1, -0.05) is 23.7 Å². The number of halogens is 2. The molecule has 0 spiro atoms. The maximum atomic E-state index is 12.8. The summed E-state index contributed by atoms with van der Waals surface area (Å²) in [7, 11) is -1.74. The van der Waals surface area contributed by atoms with Crippen LogP contribution in [0.15, 0.2) is 65.8 Å². The molecule has 34 heavy (non-hydrogen) atoms. The normalized spacial score (nSPS) is 14.7. The molecule has 0 aliphatic carbocycles. The van der Waals surface area contributed by atoms with Gasteiger partial charge in [-0.05, 0) is 60.0 Å². The van der Waals surface area contributed by atoms with Crippen LogP contribution in [0.2, 0.25) is 5.02 Å². The molecule has 0 atom stereocenters. The van der Waals surface area contributed by atoms with E-state index in [1.54, 1.807) is 48.8 Å². The summed E-state index contributed by atoms with van der Waals surface area (Å²) in [5.74, 6) is -0.545. The second-order valence-corrected chi connectivity index (χ2v) is 10.8. The molecule has 0 bridgehead atoms. The molecule has 1 aliphatic rings. The van der Waals surface area contributed by atoms with Crippen LogP contribution in [-0.4, -0.2) is 56.2 Å². The fourth-order valence-electron chi connectivity index (χ4n) is 4.14. The lowest BCUT2D eigenvalue weighted by molar-refractivity contribution is -0.126. The predicted octanol–water partition coefficient (Wildman–Crippen LogP) is 4.11. The van der Waals surface area contributed by atoms with Crippen molar-refractivity contribution < 1.29 is 13.2 Å². The Morgan fingerprint density at radius 2 is 1.74 bits per heavy atom. The summed E-state index contributed by atoms with van der Waals surface area (Å²) < 4.78 is 25.6. The van der Waals surface area contributed by atoms with Crippen molar-refractivity contribution in [3.8, 4) is 0 Å². The number of hydrogen-bond donors (Lipinski definition) is 1. The molecule has 0 radical (unpaired) electrons. The molecule has 10 heteroatoms. The Bertz CT molecular complexity index is 1230. The van der Waals surface area contributed by atoms with Crippen LogP contribution in [0.4, 0.5) is 5.69 Å². The van der Waals surface area contributed by atoms with Crippen molar-refractivity contribution in [3.05, 3.63) is 65.9 Å². The highest BCUT2D eigenvalue weighted by Crippen LogP contribution is 2.24. The first-order chi connectivity index (χ1) is 15.8. The number of hydrogen-bond acceptors (Lipinski definition) is 6. The molecule has 2 heterocycles. The van der Waals surface area contributed by atoms with Crippen LogP contribution in [-0.2, 0) is 14.6 Å². The van der Waals surface area contributed by atoms with Gasteiger partial charge >= 0.3 is 0 Å². The molecule has 0 saturated carbocycles. The number of amides is 1. The van der Waals surface area contributed by atoms with Crippen LogP contribution in [0.25, 0.3) is 10.8 Å². The number of aromatic nitrogens is 1. The second kappa shape index (κ2) is 11.4. The first-order valence-electron chi connectivity index (χ1n) is 10.9. The van der Waals surface area contributed by atoms with Gasteiger partial charge in [-0.25, -0.2) is 13.4 Å². The van der Waals surface area contributed by atoms with Crippen LogP contribution in [0.1, 0.15) is 19.3 Å². The first kappa shape index (κ1) is 26.2. The monoisotopic (exact) mass is 522 g/mol. The molecule has 1 saturated heterocycles. The van der Waals surface area contributed by atoms with Crippen LogP contribution in [0.5, 0.6) is 0 Å². The molecule has 4 rings (SSSR count). The number of anilines is 1. The lowest BCUT2D eigenvalue weighted by atomic mass is 10.0. The van der Waals surface area contributed by atoms with Crippen LogP contribution < -0.4 is 10.3 Å². The Labute approximate surface area is 211 Å². The third-order valence-corrected chi connectivity index (χ3v) is 8.02. The van der Waals surface area contributed by atoms with E-state index in [4.69, 9.17) is 11.6 Å². The number of sulfone groups is 1. The van der Waals surface area contributed by atoms with Crippen molar-refractivity contribution in [2.75, 3.05) is 30.8 Å². The minimum Gasteiger partial charge on any atom is -0.371 e. The third kappa shape index (κ3) is 6.39. The number of nitrogens with zero attached hydrogens (tertiary/aromatic N) is 3. The number of benzene rings is 2. The average molecular weight is 523 g/mol. The van der Waals surface area contributed by atoms with Crippen molar-refractivity contribution in [3.63, 3.8) is 0 Å². The highest BCUT2D eigenvalue weighted by atomic mass is 35.5. The molecule has 1 fully saturated rings. The first-order valence-corrected chi connectivity index (χ1v) is 12.9. The van der Waals surface area contributed by atoms with Crippen molar-refractivity contribution >= 4 is 56.2 Å². The maximum absolute atomic E-state index is 12.8.